The predicted molar refractivity (Wildman–Crippen MR) is 59.1 cm³/mol. The van der Waals surface area contributed by atoms with Crippen LogP contribution in [-0.4, -0.2) is 41.6 Å². The van der Waals surface area contributed by atoms with Crippen LogP contribution in [0.1, 0.15) is 25.7 Å². The molecule has 0 amide bonds. The van der Waals surface area contributed by atoms with Crippen LogP contribution in [0.3, 0.4) is 0 Å². The summed E-state index contributed by atoms with van der Waals surface area (Å²) in [5, 5.41) is 0. The fraction of sp³-hybridized carbons (Fsp3) is 1.00. The van der Waals surface area contributed by atoms with Crippen LogP contribution in [0, 0.1) is 0 Å². The molecule has 13 heavy (non-hydrogen) atoms. The molecule has 2 fully saturated rings. The molecule has 1 atom stereocenters. The van der Waals surface area contributed by atoms with Gasteiger partial charge < -0.3 is 5.73 Å². The quantitative estimate of drug-likeness (QED) is 0.728. The molecule has 2 rings (SSSR count). The lowest BCUT2D eigenvalue weighted by Gasteiger charge is -2.34. The van der Waals surface area contributed by atoms with Crippen molar-refractivity contribution in [2.45, 2.75) is 37.8 Å². The molecule has 3 heteroatoms. The van der Waals surface area contributed by atoms with Crippen molar-refractivity contribution < 1.29 is 0 Å². The molecule has 2 heterocycles. The number of thioether (sulfide) groups is 1. The summed E-state index contributed by atoms with van der Waals surface area (Å²) in [6.07, 6.45) is 5.48. The molecule has 0 aliphatic carbocycles. The largest absolute Gasteiger partial charge is 0.329 e. The zero-order valence-corrected chi connectivity index (χ0v) is 9.06. The normalized spacial score (nSPS) is 32.5. The van der Waals surface area contributed by atoms with E-state index in [0.29, 0.717) is 6.04 Å². The molecule has 2 aliphatic heterocycles. The third-order valence-corrected chi connectivity index (χ3v) is 4.40. The summed E-state index contributed by atoms with van der Waals surface area (Å²) in [5.41, 5.74) is 5.78. The van der Waals surface area contributed by atoms with Crippen LogP contribution in [0.5, 0.6) is 0 Å². The molecule has 2 nitrogen and oxygen atoms in total. The zero-order valence-electron chi connectivity index (χ0n) is 8.24. The highest BCUT2D eigenvalue weighted by Crippen LogP contribution is 2.27. The summed E-state index contributed by atoms with van der Waals surface area (Å²) >= 11 is 2.11. The van der Waals surface area contributed by atoms with E-state index in [0.717, 1.165) is 12.6 Å². The average molecular weight is 200 g/mol. The van der Waals surface area contributed by atoms with Gasteiger partial charge in [0.15, 0.2) is 0 Å². The highest BCUT2D eigenvalue weighted by atomic mass is 32.2. The predicted octanol–water partition coefficient (Wildman–Crippen LogP) is 1.31. The lowest BCUT2D eigenvalue weighted by Crippen LogP contribution is -2.44. The van der Waals surface area contributed by atoms with Crippen molar-refractivity contribution in [1.29, 1.82) is 0 Å². The molecule has 2 aliphatic rings. The molecular formula is C10H20N2S. The smallest absolute Gasteiger partial charge is 0.0221 e. The van der Waals surface area contributed by atoms with Crippen LogP contribution in [0.15, 0.2) is 0 Å². The highest BCUT2D eigenvalue weighted by molar-refractivity contribution is 7.99. The number of hydrogen-bond donors (Lipinski definition) is 1. The first kappa shape index (κ1) is 9.81. The summed E-state index contributed by atoms with van der Waals surface area (Å²) in [4.78, 5) is 2.68. The Hall–Kier alpha value is 0.270. The Morgan fingerprint density at radius 3 is 2.69 bits per heavy atom. The second kappa shape index (κ2) is 4.67. The Balaban J connectivity index is 1.90. The van der Waals surface area contributed by atoms with Gasteiger partial charge in [0.1, 0.15) is 0 Å². The highest BCUT2D eigenvalue weighted by Gasteiger charge is 2.30. The van der Waals surface area contributed by atoms with Crippen LogP contribution >= 0.6 is 11.8 Å². The van der Waals surface area contributed by atoms with Gasteiger partial charge in [-0.05, 0) is 43.7 Å². The topological polar surface area (TPSA) is 29.3 Å². The molecule has 0 radical (unpaired) electrons. The molecule has 1 unspecified atom stereocenters. The van der Waals surface area contributed by atoms with Gasteiger partial charge in [0.05, 0.1) is 0 Å². The lowest BCUT2D eigenvalue weighted by atomic mass is 10.1. The van der Waals surface area contributed by atoms with Gasteiger partial charge in [-0.25, -0.2) is 0 Å². The fourth-order valence-electron chi connectivity index (χ4n) is 2.61. The lowest BCUT2D eigenvalue weighted by molar-refractivity contribution is 0.173. The van der Waals surface area contributed by atoms with Crippen LogP contribution in [0.4, 0.5) is 0 Å². The van der Waals surface area contributed by atoms with E-state index in [1.807, 2.05) is 0 Å². The SMILES string of the molecule is NCC1CCCN1C1CCSCC1. The Bertz CT molecular complexity index is 157. The number of rotatable bonds is 2. The van der Waals surface area contributed by atoms with E-state index in [1.165, 1.54) is 43.7 Å². The van der Waals surface area contributed by atoms with E-state index < -0.39 is 0 Å². The monoisotopic (exact) mass is 200 g/mol. The van der Waals surface area contributed by atoms with Crippen molar-refractivity contribution in [2.24, 2.45) is 5.73 Å². The molecule has 0 bridgehead atoms. The summed E-state index contributed by atoms with van der Waals surface area (Å²) in [6.45, 7) is 2.17. The molecule has 2 N–H and O–H groups in total. The number of nitrogens with two attached hydrogens (primary N) is 1. The third-order valence-electron chi connectivity index (χ3n) is 3.35. The van der Waals surface area contributed by atoms with E-state index in [-0.39, 0.29) is 0 Å². The van der Waals surface area contributed by atoms with Gasteiger partial charge in [-0.3, -0.25) is 4.90 Å². The fourth-order valence-corrected chi connectivity index (χ4v) is 3.69. The van der Waals surface area contributed by atoms with E-state index in [1.54, 1.807) is 0 Å². The summed E-state index contributed by atoms with van der Waals surface area (Å²) in [7, 11) is 0. The van der Waals surface area contributed by atoms with Gasteiger partial charge in [0.2, 0.25) is 0 Å². The van der Waals surface area contributed by atoms with Crippen molar-refractivity contribution in [2.75, 3.05) is 24.6 Å². The van der Waals surface area contributed by atoms with Crippen molar-refractivity contribution in [3.8, 4) is 0 Å². The summed E-state index contributed by atoms with van der Waals surface area (Å²) in [5.74, 6) is 2.72. The first-order chi connectivity index (χ1) is 6.42. The first-order valence-corrected chi connectivity index (χ1v) is 6.61. The maximum atomic E-state index is 5.78. The number of likely N-dealkylation sites (tertiary alicyclic amines) is 1. The zero-order chi connectivity index (χ0) is 9.10. The van der Waals surface area contributed by atoms with Crippen LogP contribution < -0.4 is 5.73 Å². The minimum Gasteiger partial charge on any atom is -0.329 e. The molecular weight excluding hydrogens is 180 g/mol. The van der Waals surface area contributed by atoms with Crippen LogP contribution in [-0.2, 0) is 0 Å². The third kappa shape index (κ3) is 2.20. The van der Waals surface area contributed by atoms with Crippen molar-refractivity contribution in [3.63, 3.8) is 0 Å². The molecule has 0 aromatic heterocycles. The Labute approximate surface area is 85.2 Å². The molecule has 76 valence electrons. The van der Waals surface area contributed by atoms with Gasteiger partial charge in [0, 0.05) is 18.6 Å². The van der Waals surface area contributed by atoms with E-state index >= 15 is 0 Å². The minimum absolute atomic E-state index is 0.702. The van der Waals surface area contributed by atoms with E-state index in [4.69, 9.17) is 5.73 Å². The number of hydrogen-bond acceptors (Lipinski definition) is 3. The maximum absolute atomic E-state index is 5.78. The standard InChI is InChI=1S/C10H20N2S/c11-8-10-2-1-5-12(10)9-3-6-13-7-4-9/h9-10H,1-8,11H2. The molecule has 0 aromatic rings. The van der Waals surface area contributed by atoms with Crippen molar-refractivity contribution >= 4 is 11.8 Å². The van der Waals surface area contributed by atoms with Gasteiger partial charge in [-0.15, -0.1) is 0 Å². The van der Waals surface area contributed by atoms with Gasteiger partial charge in [-0.2, -0.15) is 11.8 Å². The minimum atomic E-state index is 0.702. The van der Waals surface area contributed by atoms with Gasteiger partial charge in [-0.1, -0.05) is 0 Å². The average Bonchev–Trinajstić information content (AvgIpc) is 2.67. The van der Waals surface area contributed by atoms with Crippen molar-refractivity contribution in [1.82, 2.24) is 4.90 Å². The van der Waals surface area contributed by atoms with Crippen LogP contribution in [0.25, 0.3) is 0 Å². The maximum Gasteiger partial charge on any atom is 0.0221 e. The van der Waals surface area contributed by atoms with E-state index in [2.05, 4.69) is 16.7 Å². The van der Waals surface area contributed by atoms with E-state index in [9.17, 15) is 0 Å². The first-order valence-electron chi connectivity index (χ1n) is 5.45. The Kier molecular flexibility index (Phi) is 3.52. The Morgan fingerprint density at radius 2 is 2.00 bits per heavy atom. The molecule has 0 aromatic carbocycles. The second-order valence-electron chi connectivity index (χ2n) is 4.11. The summed E-state index contributed by atoms with van der Waals surface area (Å²) < 4.78 is 0. The van der Waals surface area contributed by atoms with Gasteiger partial charge >= 0.3 is 0 Å². The number of nitrogens with zero attached hydrogens (tertiary/aromatic N) is 1. The second-order valence-corrected chi connectivity index (χ2v) is 5.34. The molecule has 2 saturated heterocycles. The summed E-state index contributed by atoms with van der Waals surface area (Å²) in [6, 6.07) is 1.56. The van der Waals surface area contributed by atoms with Crippen molar-refractivity contribution in [3.05, 3.63) is 0 Å². The molecule has 0 spiro atoms. The van der Waals surface area contributed by atoms with Gasteiger partial charge in [0.25, 0.3) is 0 Å². The Morgan fingerprint density at radius 1 is 1.23 bits per heavy atom. The molecule has 0 saturated carbocycles. The van der Waals surface area contributed by atoms with Crippen LogP contribution in [0.2, 0.25) is 0 Å².